The van der Waals surface area contributed by atoms with Crippen molar-refractivity contribution in [3.05, 3.63) is 107 Å². The molecular weight excluding hydrogens is 338 g/mol. The van der Waals surface area contributed by atoms with Gasteiger partial charge in [0.25, 0.3) is 0 Å². The molecule has 1 nitrogen and oxygen atoms in total. The number of hydrogen-bond donors (Lipinski definition) is 1. The van der Waals surface area contributed by atoms with Gasteiger partial charge in [-0.05, 0) is 55.3 Å². The second-order valence-electron chi connectivity index (χ2n) is 6.31. The van der Waals surface area contributed by atoms with Gasteiger partial charge in [0.1, 0.15) is 0 Å². The van der Waals surface area contributed by atoms with Crippen LogP contribution in [-0.4, -0.2) is 14.1 Å². The van der Waals surface area contributed by atoms with Crippen LogP contribution >= 0.6 is 0 Å². The van der Waals surface area contributed by atoms with Gasteiger partial charge in [-0.2, -0.15) is 0 Å². The van der Waals surface area contributed by atoms with Gasteiger partial charge in [-0.3, -0.25) is 0 Å². The van der Waals surface area contributed by atoms with E-state index in [0.29, 0.717) is 0 Å². The van der Waals surface area contributed by atoms with Crippen LogP contribution in [0.5, 0.6) is 0 Å². The molecule has 0 aromatic heterocycles. The van der Waals surface area contributed by atoms with Gasteiger partial charge in [0.15, 0.2) is 0 Å². The molecule has 0 aliphatic rings. The minimum absolute atomic E-state index is 1.00. The van der Waals surface area contributed by atoms with Crippen molar-refractivity contribution in [1.82, 2.24) is 5.32 Å². The zero-order valence-electron chi connectivity index (χ0n) is 18.3. The normalized spacial score (nSPS) is 10.6. The summed E-state index contributed by atoms with van der Waals surface area (Å²) in [7, 11) is 3.75. The molecule has 0 fully saturated rings. The van der Waals surface area contributed by atoms with Crippen LogP contribution in [-0.2, 0) is 0 Å². The Hall–Kier alpha value is -2.64. The highest BCUT2D eigenvalue weighted by molar-refractivity contribution is 5.98. The second kappa shape index (κ2) is 13.5. The Morgan fingerprint density at radius 3 is 1.46 bits per heavy atom. The molecule has 0 spiro atoms. The fourth-order valence-electron chi connectivity index (χ4n) is 3.00. The lowest BCUT2D eigenvalue weighted by molar-refractivity contribution is 1.02. The predicted octanol–water partition coefficient (Wildman–Crippen LogP) is 7.23. The first-order chi connectivity index (χ1) is 13.7. The summed E-state index contributed by atoms with van der Waals surface area (Å²) < 4.78 is 0. The van der Waals surface area contributed by atoms with E-state index in [9.17, 15) is 0 Å². The third kappa shape index (κ3) is 6.83. The summed E-state index contributed by atoms with van der Waals surface area (Å²) in [6, 6.07) is 30.3. The smallest absolute Gasteiger partial charge is 0.00735 e. The molecule has 0 saturated carbocycles. The van der Waals surface area contributed by atoms with Gasteiger partial charge in [0.05, 0.1) is 0 Å². The fraction of sp³-hybridized carbons (Fsp3) is 0.259. The molecule has 0 amide bonds. The molecule has 0 saturated heterocycles. The van der Waals surface area contributed by atoms with E-state index in [2.05, 4.69) is 104 Å². The van der Waals surface area contributed by atoms with E-state index in [1.165, 1.54) is 33.4 Å². The minimum Gasteiger partial charge on any atom is -0.323 e. The Labute approximate surface area is 172 Å². The number of benzene rings is 3. The van der Waals surface area contributed by atoms with Crippen LogP contribution in [0.4, 0.5) is 0 Å². The number of aryl methyl sites for hydroxylation is 1. The molecule has 1 N–H and O–H groups in total. The lowest BCUT2D eigenvalue weighted by Gasteiger charge is -2.16. The van der Waals surface area contributed by atoms with E-state index in [-0.39, 0.29) is 0 Å². The molecule has 0 unspecified atom stereocenters. The summed E-state index contributed by atoms with van der Waals surface area (Å²) >= 11 is 0. The van der Waals surface area contributed by atoms with E-state index in [1.54, 1.807) is 0 Å². The first-order valence-electron chi connectivity index (χ1n) is 10.2. The largest absolute Gasteiger partial charge is 0.323 e. The molecular formula is C27H35N. The van der Waals surface area contributed by atoms with E-state index in [4.69, 9.17) is 0 Å². The topological polar surface area (TPSA) is 12.0 Å². The highest BCUT2D eigenvalue weighted by Gasteiger charge is 2.12. The summed E-state index contributed by atoms with van der Waals surface area (Å²) in [6.07, 6.45) is 1.00. The van der Waals surface area contributed by atoms with Crippen LogP contribution in [0, 0.1) is 6.92 Å². The number of nitrogens with one attached hydrogen (secondary N) is 1. The lowest BCUT2D eigenvalue weighted by Crippen LogP contribution is -1.95. The monoisotopic (exact) mass is 373 g/mol. The van der Waals surface area contributed by atoms with E-state index in [0.717, 1.165) is 6.42 Å². The van der Waals surface area contributed by atoms with Crippen LogP contribution in [0.15, 0.2) is 84.9 Å². The van der Waals surface area contributed by atoms with Crippen molar-refractivity contribution in [1.29, 1.82) is 0 Å². The summed E-state index contributed by atoms with van der Waals surface area (Å²) in [4.78, 5) is 0. The van der Waals surface area contributed by atoms with Crippen molar-refractivity contribution in [2.24, 2.45) is 0 Å². The second-order valence-corrected chi connectivity index (χ2v) is 6.31. The number of rotatable bonds is 4. The molecule has 28 heavy (non-hydrogen) atoms. The zero-order valence-corrected chi connectivity index (χ0v) is 18.3. The van der Waals surface area contributed by atoms with Crippen LogP contribution in [0.25, 0.3) is 11.1 Å². The Balaban J connectivity index is 0.000000717. The number of hydrogen-bond acceptors (Lipinski definition) is 1. The molecule has 0 heterocycles. The van der Waals surface area contributed by atoms with Crippen molar-refractivity contribution in [3.8, 4) is 0 Å². The first-order valence-corrected chi connectivity index (χ1v) is 10.2. The van der Waals surface area contributed by atoms with Gasteiger partial charge in [0, 0.05) is 0 Å². The maximum atomic E-state index is 2.75. The number of allylic oxidation sites excluding steroid dienone is 1. The molecule has 0 aliphatic carbocycles. The third-order valence-corrected chi connectivity index (χ3v) is 4.18. The Kier molecular flexibility index (Phi) is 11.3. The van der Waals surface area contributed by atoms with Gasteiger partial charge < -0.3 is 5.32 Å². The van der Waals surface area contributed by atoms with Gasteiger partial charge in [-0.25, -0.2) is 0 Å². The van der Waals surface area contributed by atoms with Crippen molar-refractivity contribution >= 4 is 11.1 Å². The Morgan fingerprint density at radius 2 is 1.04 bits per heavy atom. The average Bonchev–Trinajstić information content (AvgIpc) is 2.76. The standard InChI is InChI=1S/C23H22.C2H7N.C2H6/c1-3-22(19-10-6-4-7-11-19)23(20-12-8-5-9-13-20)21-16-14-18(2)15-17-21;1-3-2;1-2/h4-17H,3H2,1-2H3;3H,1-2H3;1-2H3/b23-22-;;. The summed E-state index contributed by atoms with van der Waals surface area (Å²) in [5.41, 5.74) is 7.87. The average molecular weight is 374 g/mol. The van der Waals surface area contributed by atoms with Gasteiger partial charge in [-0.1, -0.05) is 111 Å². The predicted molar refractivity (Wildman–Crippen MR) is 127 cm³/mol. The molecule has 0 aliphatic heterocycles. The van der Waals surface area contributed by atoms with E-state index < -0.39 is 0 Å². The Morgan fingerprint density at radius 1 is 0.643 bits per heavy atom. The highest BCUT2D eigenvalue weighted by Crippen LogP contribution is 2.34. The summed E-state index contributed by atoms with van der Waals surface area (Å²) in [5.74, 6) is 0. The van der Waals surface area contributed by atoms with Crippen LogP contribution in [0.3, 0.4) is 0 Å². The molecule has 0 radical (unpaired) electrons. The first kappa shape index (κ1) is 23.4. The van der Waals surface area contributed by atoms with Gasteiger partial charge >= 0.3 is 0 Å². The third-order valence-electron chi connectivity index (χ3n) is 4.18. The van der Waals surface area contributed by atoms with Crippen LogP contribution < -0.4 is 5.32 Å². The van der Waals surface area contributed by atoms with Crippen molar-refractivity contribution in [3.63, 3.8) is 0 Å². The molecule has 0 bridgehead atoms. The van der Waals surface area contributed by atoms with Crippen molar-refractivity contribution < 1.29 is 0 Å². The molecule has 1 heteroatoms. The molecule has 3 aromatic carbocycles. The lowest BCUT2D eigenvalue weighted by atomic mass is 9.88. The van der Waals surface area contributed by atoms with Crippen LogP contribution in [0.2, 0.25) is 0 Å². The van der Waals surface area contributed by atoms with Gasteiger partial charge in [-0.15, -0.1) is 0 Å². The highest BCUT2D eigenvalue weighted by atomic mass is 14.7. The SMILES string of the molecule is CC.CC/C(=C(\c1ccccc1)c1ccc(C)cc1)c1ccccc1.CNC. The fourth-order valence-corrected chi connectivity index (χ4v) is 3.00. The Bertz CT molecular complexity index is 800. The van der Waals surface area contributed by atoms with Crippen molar-refractivity contribution in [2.75, 3.05) is 14.1 Å². The molecule has 0 atom stereocenters. The maximum Gasteiger partial charge on any atom is -0.00735 e. The molecule has 3 aromatic rings. The van der Waals surface area contributed by atoms with Crippen LogP contribution in [0.1, 0.15) is 49.4 Å². The molecule has 148 valence electrons. The zero-order chi connectivity index (χ0) is 20.8. The van der Waals surface area contributed by atoms with E-state index in [1.807, 2.05) is 27.9 Å². The maximum absolute atomic E-state index is 2.75. The summed E-state index contributed by atoms with van der Waals surface area (Å²) in [6.45, 7) is 8.37. The summed E-state index contributed by atoms with van der Waals surface area (Å²) in [5, 5.41) is 2.75. The van der Waals surface area contributed by atoms with E-state index >= 15 is 0 Å². The quantitative estimate of drug-likeness (QED) is 0.476. The molecule has 3 rings (SSSR count). The van der Waals surface area contributed by atoms with Crippen molar-refractivity contribution in [2.45, 2.75) is 34.1 Å². The minimum atomic E-state index is 1.00. The van der Waals surface area contributed by atoms with Gasteiger partial charge in [0.2, 0.25) is 0 Å².